The number of rotatable bonds is 4. The van der Waals surface area contributed by atoms with Crippen LogP contribution in [-0.4, -0.2) is 45.7 Å². The van der Waals surface area contributed by atoms with Gasteiger partial charge in [0.15, 0.2) is 5.92 Å². The maximum Gasteiger partial charge on any atom is 0.326 e. The van der Waals surface area contributed by atoms with Crippen LogP contribution in [0.15, 0.2) is 24.5 Å². The van der Waals surface area contributed by atoms with Crippen LogP contribution in [0.4, 0.5) is 4.39 Å². The van der Waals surface area contributed by atoms with Crippen molar-refractivity contribution < 1.29 is 23.5 Å². The van der Waals surface area contributed by atoms with Gasteiger partial charge in [-0.25, -0.2) is 4.39 Å². The summed E-state index contributed by atoms with van der Waals surface area (Å²) in [7, 11) is 2.19. The van der Waals surface area contributed by atoms with E-state index in [1.807, 2.05) is 0 Å². The molecule has 0 saturated carbocycles. The number of hydrogen-bond donors (Lipinski definition) is 0. The molecule has 2 heterocycles. The molecule has 0 fully saturated rings. The van der Waals surface area contributed by atoms with Crippen molar-refractivity contribution >= 4 is 40.9 Å². The SMILES string of the molecule is COC(=O)C(C(=O)OC)c1c(-c2c(F)cccc2Cl)c(Cl)nc2ncnn12. The summed E-state index contributed by atoms with van der Waals surface area (Å²) in [6, 6.07) is 3.98. The lowest BCUT2D eigenvalue weighted by Crippen LogP contribution is -2.28. The Morgan fingerprint density at radius 1 is 1.15 bits per heavy atom. The van der Waals surface area contributed by atoms with Gasteiger partial charge in [-0.3, -0.25) is 9.59 Å². The molecule has 3 aromatic rings. The first-order chi connectivity index (χ1) is 12.9. The molecule has 0 aliphatic rings. The molecular formula is C16H11Cl2FN4O4. The summed E-state index contributed by atoms with van der Waals surface area (Å²) in [6.45, 7) is 0. The molecule has 8 nitrogen and oxygen atoms in total. The van der Waals surface area contributed by atoms with Gasteiger partial charge in [0.05, 0.1) is 24.9 Å². The molecule has 27 heavy (non-hydrogen) atoms. The van der Waals surface area contributed by atoms with E-state index in [1.165, 1.54) is 12.1 Å². The fourth-order valence-electron chi connectivity index (χ4n) is 2.63. The average molecular weight is 413 g/mol. The van der Waals surface area contributed by atoms with Gasteiger partial charge in [-0.15, -0.1) is 0 Å². The summed E-state index contributed by atoms with van der Waals surface area (Å²) in [4.78, 5) is 32.7. The smallest absolute Gasteiger partial charge is 0.326 e. The van der Waals surface area contributed by atoms with E-state index >= 15 is 0 Å². The van der Waals surface area contributed by atoms with Crippen molar-refractivity contribution in [2.45, 2.75) is 5.92 Å². The Morgan fingerprint density at radius 2 is 1.81 bits per heavy atom. The van der Waals surface area contributed by atoms with Crippen molar-refractivity contribution in [3.8, 4) is 11.1 Å². The number of halogens is 3. The van der Waals surface area contributed by atoms with E-state index in [2.05, 4.69) is 15.1 Å². The number of nitrogens with zero attached hydrogens (tertiary/aromatic N) is 4. The third-order valence-corrected chi connectivity index (χ3v) is 4.37. The van der Waals surface area contributed by atoms with Gasteiger partial charge in [-0.2, -0.15) is 19.6 Å². The van der Waals surface area contributed by atoms with Gasteiger partial charge in [-0.05, 0) is 12.1 Å². The Labute approximate surface area is 161 Å². The fraction of sp³-hybridized carbons (Fsp3) is 0.188. The van der Waals surface area contributed by atoms with Gasteiger partial charge in [0.2, 0.25) is 0 Å². The summed E-state index contributed by atoms with van der Waals surface area (Å²) in [5.74, 6) is -4.30. The first-order valence-electron chi connectivity index (χ1n) is 7.39. The number of esters is 2. The van der Waals surface area contributed by atoms with Crippen LogP contribution in [0.2, 0.25) is 10.2 Å². The van der Waals surface area contributed by atoms with Crippen molar-refractivity contribution in [2.24, 2.45) is 0 Å². The van der Waals surface area contributed by atoms with Crippen molar-refractivity contribution in [3.63, 3.8) is 0 Å². The molecule has 0 aliphatic heterocycles. The Morgan fingerprint density at radius 3 is 2.41 bits per heavy atom. The van der Waals surface area contributed by atoms with Crippen LogP contribution in [0.5, 0.6) is 0 Å². The van der Waals surface area contributed by atoms with E-state index in [9.17, 15) is 14.0 Å². The number of fused-ring (bicyclic) bond motifs is 1. The zero-order valence-electron chi connectivity index (χ0n) is 13.9. The van der Waals surface area contributed by atoms with Crippen LogP contribution in [-0.2, 0) is 19.1 Å². The summed E-state index contributed by atoms with van der Waals surface area (Å²) in [5.41, 5.74) is -0.381. The molecule has 0 aliphatic carbocycles. The minimum atomic E-state index is -1.63. The molecule has 2 aromatic heterocycles. The molecule has 0 atom stereocenters. The largest absolute Gasteiger partial charge is 0.468 e. The lowest BCUT2D eigenvalue weighted by Gasteiger charge is -2.19. The number of hydrogen-bond acceptors (Lipinski definition) is 7. The minimum absolute atomic E-state index is 0.00658. The number of ether oxygens (including phenoxy) is 2. The highest BCUT2D eigenvalue weighted by molar-refractivity contribution is 6.36. The Balaban J connectivity index is 2.48. The molecule has 0 unspecified atom stereocenters. The van der Waals surface area contributed by atoms with Crippen molar-refractivity contribution in [2.75, 3.05) is 14.2 Å². The average Bonchev–Trinajstić information content (AvgIpc) is 3.10. The predicted octanol–water partition coefficient (Wildman–Crippen LogP) is 2.67. The van der Waals surface area contributed by atoms with Gasteiger partial charge < -0.3 is 9.47 Å². The molecule has 1 aromatic carbocycles. The Hall–Kier alpha value is -2.78. The molecule has 140 valence electrons. The Kier molecular flexibility index (Phi) is 5.24. The first kappa shape index (κ1) is 19.0. The van der Waals surface area contributed by atoms with Gasteiger partial charge >= 0.3 is 11.9 Å². The maximum absolute atomic E-state index is 14.6. The van der Waals surface area contributed by atoms with E-state index in [4.69, 9.17) is 32.7 Å². The number of aromatic nitrogens is 4. The van der Waals surface area contributed by atoms with Gasteiger partial charge in [0.1, 0.15) is 17.3 Å². The maximum atomic E-state index is 14.6. The fourth-order valence-corrected chi connectivity index (χ4v) is 3.15. The van der Waals surface area contributed by atoms with Gasteiger partial charge in [-0.1, -0.05) is 29.3 Å². The molecule has 0 N–H and O–H groups in total. The summed E-state index contributed by atoms with van der Waals surface area (Å²) < 4.78 is 25.1. The normalized spacial score (nSPS) is 11.0. The summed E-state index contributed by atoms with van der Waals surface area (Å²) >= 11 is 12.4. The Bertz CT molecular complexity index is 1020. The molecule has 11 heteroatoms. The molecule has 0 saturated heterocycles. The van der Waals surface area contributed by atoms with Crippen LogP contribution in [0.25, 0.3) is 16.9 Å². The lowest BCUT2D eigenvalue weighted by molar-refractivity contribution is -0.154. The summed E-state index contributed by atoms with van der Waals surface area (Å²) in [5, 5.41) is 3.73. The standard InChI is InChI=1S/C16H11Cl2FN4O4/c1-26-14(24)11(15(25)27-2)12-10(9-7(17)4-3-5-8(9)19)13(18)22-16-20-6-21-23(12)16/h3-6,11H,1-2H3. The number of carbonyl (C=O) groups excluding carboxylic acids is 2. The van der Waals surface area contributed by atoms with Crippen molar-refractivity contribution in [3.05, 3.63) is 46.2 Å². The third kappa shape index (κ3) is 3.19. The number of methoxy groups -OCH3 is 2. The minimum Gasteiger partial charge on any atom is -0.468 e. The highest BCUT2D eigenvalue weighted by Gasteiger charge is 2.38. The molecule has 0 bridgehead atoms. The lowest BCUT2D eigenvalue weighted by atomic mass is 9.95. The molecule has 0 amide bonds. The monoisotopic (exact) mass is 412 g/mol. The van der Waals surface area contributed by atoms with Crippen LogP contribution < -0.4 is 0 Å². The van der Waals surface area contributed by atoms with Gasteiger partial charge in [0.25, 0.3) is 5.78 Å². The second kappa shape index (κ2) is 7.45. The third-order valence-electron chi connectivity index (χ3n) is 3.78. The van der Waals surface area contributed by atoms with Crippen molar-refractivity contribution in [1.82, 2.24) is 19.6 Å². The molecule has 0 spiro atoms. The van der Waals surface area contributed by atoms with Crippen LogP contribution in [0.1, 0.15) is 11.6 Å². The zero-order valence-corrected chi connectivity index (χ0v) is 15.5. The van der Waals surface area contributed by atoms with Gasteiger partial charge in [0, 0.05) is 11.1 Å². The van der Waals surface area contributed by atoms with Crippen LogP contribution >= 0.6 is 23.2 Å². The highest BCUT2D eigenvalue weighted by Crippen LogP contribution is 2.40. The highest BCUT2D eigenvalue weighted by atomic mass is 35.5. The summed E-state index contributed by atoms with van der Waals surface area (Å²) in [6.07, 6.45) is 1.14. The molecule has 0 radical (unpaired) electrons. The van der Waals surface area contributed by atoms with E-state index in [-0.39, 0.29) is 32.8 Å². The van der Waals surface area contributed by atoms with E-state index in [1.54, 1.807) is 0 Å². The quantitative estimate of drug-likeness (QED) is 0.369. The predicted molar refractivity (Wildman–Crippen MR) is 93.0 cm³/mol. The molecule has 3 rings (SSSR count). The number of benzene rings is 1. The van der Waals surface area contributed by atoms with Crippen LogP contribution in [0, 0.1) is 5.82 Å². The van der Waals surface area contributed by atoms with Crippen molar-refractivity contribution in [1.29, 1.82) is 0 Å². The molecular weight excluding hydrogens is 402 g/mol. The zero-order chi connectivity index (χ0) is 19.7. The number of carbonyl (C=O) groups is 2. The van der Waals surface area contributed by atoms with Crippen LogP contribution in [0.3, 0.4) is 0 Å². The first-order valence-corrected chi connectivity index (χ1v) is 8.15. The van der Waals surface area contributed by atoms with E-state index in [0.29, 0.717) is 0 Å². The van der Waals surface area contributed by atoms with E-state index < -0.39 is 23.7 Å². The second-order valence-electron chi connectivity index (χ2n) is 5.21. The van der Waals surface area contributed by atoms with E-state index in [0.717, 1.165) is 31.1 Å². The second-order valence-corrected chi connectivity index (χ2v) is 5.98. The topological polar surface area (TPSA) is 95.7 Å².